The van der Waals surface area contributed by atoms with Crippen LogP contribution in [0.4, 0.5) is 5.82 Å². The van der Waals surface area contributed by atoms with Gasteiger partial charge >= 0.3 is 0 Å². The van der Waals surface area contributed by atoms with E-state index in [4.69, 9.17) is 23.1 Å². The lowest BCUT2D eigenvalue weighted by Gasteiger charge is -2.16. The fourth-order valence-electron chi connectivity index (χ4n) is 3.45. The molecule has 4 rings (SSSR count). The Morgan fingerprint density at radius 2 is 1.89 bits per heavy atom. The molecular formula is C23H22ClN9O2. The molecule has 178 valence electrons. The highest BCUT2D eigenvalue weighted by molar-refractivity contribution is 6.29. The van der Waals surface area contributed by atoms with E-state index in [-0.39, 0.29) is 22.2 Å². The first-order chi connectivity index (χ1) is 16.6. The average Bonchev–Trinajstić information content (AvgIpc) is 3.24. The number of hydrogen-bond donors (Lipinski definition) is 3. The third kappa shape index (κ3) is 5.09. The molecule has 1 unspecified atom stereocenters. The number of anilines is 1. The number of aryl methyl sites for hydroxylation is 2. The summed E-state index contributed by atoms with van der Waals surface area (Å²) in [5, 5.41) is 7.49. The van der Waals surface area contributed by atoms with Crippen LogP contribution in [-0.4, -0.2) is 41.5 Å². The Kier molecular flexibility index (Phi) is 6.43. The highest BCUT2D eigenvalue weighted by Crippen LogP contribution is 2.31. The molecular weight excluding hydrogens is 470 g/mol. The third-order valence-electron chi connectivity index (χ3n) is 5.15. The molecule has 0 saturated heterocycles. The predicted octanol–water partition coefficient (Wildman–Crippen LogP) is 2.47. The van der Waals surface area contributed by atoms with Crippen molar-refractivity contribution >= 4 is 29.2 Å². The van der Waals surface area contributed by atoms with Crippen molar-refractivity contribution < 1.29 is 9.59 Å². The molecule has 2 amide bonds. The van der Waals surface area contributed by atoms with E-state index in [0.29, 0.717) is 34.0 Å². The maximum absolute atomic E-state index is 13.1. The fourth-order valence-corrected chi connectivity index (χ4v) is 3.70. The first-order valence-corrected chi connectivity index (χ1v) is 10.9. The number of nitrogens with two attached hydrogens (primary N) is 2. The van der Waals surface area contributed by atoms with Crippen LogP contribution in [0.1, 0.15) is 45.2 Å². The SMILES string of the molecule is Cc1cc(-c2nc(C(=O)NC(C)c3ccc(C(N)=O)cn3)c(N)nc2-c2ccn(C)n2)cc(Cl)n1. The molecule has 4 heterocycles. The van der Waals surface area contributed by atoms with Gasteiger partial charge in [0.05, 0.1) is 23.0 Å². The zero-order valence-electron chi connectivity index (χ0n) is 19.2. The Morgan fingerprint density at radius 3 is 2.49 bits per heavy atom. The van der Waals surface area contributed by atoms with Crippen molar-refractivity contribution in [1.82, 2.24) is 35.0 Å². The van der Waals surface area contributed by atoms with Gasteiger partial charge in [-0.3, -0.25) is 19.3 Å². The van der Waals surface area contributed by atoms with Crippen molar-refractivity contribution in [3.8, 4) is 22.6 Å². The van der Waals surface area contributed by atoms with E-state index in [1.807, 2.05) is 0 Å². The summed E-state index contributed by atoms with van der Waals surface area (Å²) in [7, 11) is 1.78. The molecule has 11 nitrogen and oxygen atoms in total. The molecule has 5 N–H and O–H groups in total. The summed E-state index contributed by atoms with van der Waals surface area (Å²) < 4.78 is 1.63. The predicted molar refractivity (Wildman–Crippen MR) is 130 cm³/mol. The van der Waals surface area contributed by atoms with Gasteiger partial charge in [0.15, 0.2) is 11.5 Å². The van der Waals surface area contributed by atoms with Crippen LogP contribution in [0.3, 0.4) is 0 Å². The standard InChI is InChI=1S/C23H22ClN9O2/c1-11-8-14(9-17(24)28-11)18-19(16-6-7-33(3)32-16)31-21(25)20(30-18)23(35)29-12(2)15-5-4-13(10-27-15)22(26)34/h4-10,12H,1-3H3,(H2,25,31)(H2,26,34)(H,29,35). The average molecular weight is 492 g/mol. The summed E-state index contributed by atoms with van der Waals surface area (Å²) in [6.07, 6.45) is 3.12. The summed E-state index contributed by atoms with van der Waals surface area (Å²) in [6, 6.07) is 7.82. The van der Waals surface area contributed by atoms with Gasteiger partial charge in [-0.25, -0.2) is 15.0 Å². The van der Waals surface area contributed by atoms with Gasteiger partial charge in [0.1, 0.15) is 16.5 Å². The van der Waals surface area contributed by atoms with Gasteiger partial charge in [0.25, 0.3) is 5.91 Å². The van der Waals surface area contributed by atoms with Gasteiger partial charge in [-0.15, -0.1) is 0 Å². The number of pyridine rings is 2. The molecule has 0 aliphatic rings. The maximum atomic E-state index is 13.1. The van der Waals surface area contributed by atoms with E-state index in [1.165, 1.54) is 12.3 Å². The number of carbonyl (C=O) groups excluding carboxylic acids is 2. The van der Waals surface area contributed by atoms with E-state index in [9.17, 15) is 9.59 Å². The molecule has 12 heteroatoms. The molecule has 0 bridgehead atoms. The zero-order valence-corrected chi connectivity index (χ0v) is 19.9. The lowest BCUT2D eigenvalue weighted by atomic mass is 10.1. The van der Waals surface area contributed by atoms with E-state index >= 15 is 0 Å². The second-order valence-corrected chi connectivity index (χ2v) is 8.27. The van der Waals surface area contributed by atoms with Crippen LogP contribution in [0, 0.1) is 6.92 Å². The van der Waals surface area contributed by atoms with Gasteiger partial charge in [0, 0.05) is 30.7 Å². The molecule has 0 aliphatic heterocycles. The first kappa shape index (κ1) is 23.8. The molecule has 0 radical (unpaired) electrons. The number of halogens is 1. The normalized spacial score (nSPS) is 11.8. The van der Waals surface area contributed by atoms with Crippen molar-refractivity contribution in [3.63, 3.8) is 0 Å². The summed E-state index contributed by atoms with van der Waals surface area (Å²) in [5.74, 6) is -1.20. The number of hydrogen-bond acceptors (Lipinski definition) is 8. The van der Waals surface area contributed by atoms with Crippen LogP contribution >= 0.6 is 11.6 Å². The maximum Gasteiger partial charge on any atom is 0.274 e. The number of amides is 2. The topological polar surface area (TPSA) is 168 Å². The van der Waals surface area contributed by atoms with Crippen molar-refractivity contribution in [2.24, 2.45) is 12.8 Å². The monoisotopic (exact) mass is 491 g/mol. The Labute approximate surface area is 205 Å². The van der Waals surface area contributed by atoms with Crippen LogP contribution in [-0.2, 0) is 7.05 Å². The number of nitrogens with one attached hydrogen (secondary N) is 1. The van der Waals surface area contributed by atoms with Crippen molar-refractivity contribution in [2.45, 2.75) is 19.9 Å². The smallest absolute Gasteiger partial charge is 0.274 e. The molecule has 0 fully saturated rings. The van der Waals surface area contributed by atoms with E-state index in [0.717, 1.165) is 0 Å². The second kappa shape index (κ2) is 9.47. The van der Waals surface area contributed by atoms with E-state index in [1.54, 1.807) is 56.0 Å². The molecule has 0 aromatic carbocycles. The molecule has 4 aromatic heterocycles. The zero-order chi connectivity index (χ0) is 25.3. The lowest BCUT2D eigenvalue weighted by Crippen LogP contribution is -2.29. The highest BCUT2D eigenvalue weighted by Gasteiger charge is 2.23. The third-order valence-corrected chi connectivity index (χ3v) is 5.35. The van der Waals surface area contributed by atoms with Gasteiger partial charge in [0.2, 0.25) is 5.91 Å². The quantitative estimate of drug-likeness (QED) is 0.345. The Bertz CT molecular complexity index is 1410. The van der Waals surface area contributed by atoms with Crippen LogP contribution in [0.5, 0.6) is 0 Å². The molecule has 4 aromatic rings. The summed E-state index contributed by atoms with van der Waals surface area (Å²) in [5.41, 5.74) is 14.7. The number of nitrogen functional groups attached to an aromatic ring is 1. The Morgan fingerprint density at radius 1 is 1.11 bits per heavy atom. The van der Waals surface area contributed by atoms with Crippen molar-refractivity contribution in [2.75, 3.05) is 5.73 Å². The lowest BCUT2D eigenvalue weighted by molar-refractivity contribution is 0.0933. The highest BCUT2D eigenvalue weighted by atomic mass is 35.5. The largest absolute Gasteiger partial charge is 0.382 e. The minimum absolute atomic E-state index is 0.0620. The summed E-state index contributed by atoms with van der Waals surface area (Å²) in [6.45, 7) is 3.54. The summed E-state index contributed by atoms with van der Waals surface area (Å²) in [4.78, 5) is 41.8. The number of nitrogens with zero attached hydrogens (tertiary/aromatic N) is 6. The van der Waals surface area contributed by atoms with Crippen LogP contribution in [0.15, 0.2) is 42.7 Å². The van der Waals surface area contributed by atoms with E-state index in [2.05, 4.69) is 30.4 Å². The van der Waals surface area contributed by atoms with Gasteiger partial charge in [-0.1, -0.05) is 11.6 Å². The number of rotatable bonds is 6. The van der Waals surface area contributed by atoms with Crippen molar-refractivity contribution in [3.05, 3.63) is 70.5 Å². The second-order valence-electron chi connectivity index (χ2n) is 7.88. The Balaban J connectivity index is 1.73. The molecule has 0 aliphatic carbocycles. The van der Waals surface area contributed by atoms with Gasteiger partial charge in [-0.2, -0.15) is 5.10 Å². The van der Waals surface area contributed by atoms with E-state index < -0.39 is 17.9 Å². The fraction of sp³-hybridized carbons (Fsp3) is 0.174. The molecule has 1 atom stereocenters. The molecule has 0 saturated carbocycles. The van der Waals surface area contributed by atoms with Crippen LogP contribution in [0.2, 0.25) is 5.15 Å². The van der Waals surface area contributed by atoms with Crippen LogP contribution < -0.4 is 16.8 Å². The Hall–Kier alpha value is -4.38. The van der Waals surface area contributed by atoms with Crippen molar-refractivity contribution in [1.29, 1.82) is 0 Å². The number of aromatic nitrogens is 6. The first-order valence-electron chi connectivity index (χ1n) is 10.5. The number of primary amides is 1. The van der Waals surface area contributed by atoms with Crippen LogP contribution in [0.25, 0.3) is 22.6 Å². The number of carbonyl (C=O) groups is 2. The minimum atomic E-state index is -0.587. The summed E-state index contributed by atoms with van der Waals surface area (Å²) >= 11 is 6.18. The molecule has 35 heavy (non-hydrogen) atoms. The van der Waals surface area contributed by atoms with Gasteiger partial charge < -0.3 is 16.8 Å². The molecule has 0 spiro atoms. The minimum Gasteiger partial charge on any atom is -0.382 e. The van der Waals surface area contributed by atoms with Gasteiger partial charge in [-0.05, 0) is 44.2 Å².